The van der Waals surface area contributed by atoms with Crippen LogP contribution in [-0.2, 0) is 11.2 Å². The maximum atomic E-state index is 12.3. The summed E-state index contributed by atoms with van der Waals surface area (Å²) in [4.78, 5) is 28.5. The zero-order valence-corrected chi connectivity index (χ0v) is 14.3. The third-order valence-corrected chi connectivity index (χ3v) is 5.50. The van der Waals surface area contributed by atoms with E-state index in [0.717, 1.165) is 19.3 Å². The van der Waals surface area contributed by atoms with E-state index in [1.54, 1.807) is 12.4 Å². The van der Waals surface area contributed by atoms with Crippen molar-refractivity contribution in [2.24, 2.45) is 0 Å². The van der Waals surface area contributed by atoms with Gasteiger partial charge in [0.2, 0.25) is 0 Å². The van der Waals surface area contributed by atoms with Gasteiger partial charge in [-0.3, -0.25) is 4.79 Å². The van der Waals surface area contributed by atoms with Crippen LogP contribution in [0.1, 0.15) is 51.7 Å². The molecule has 2 atom stereocenters. The lowest BCUT2D eigenvalue weighted by Crippen LogP contribution is -2.42. The first-order chi connectivity index (χ1) is 11.6. The highest BCUT2D eigenvalue weighted by Crippen LogP contribution is 2.34. The van der Waals surface area contributed by atoms with Gasteiger partial charge < -0.3 is 10.4 Å². The number of fused-ring (bicyclic) bond motifs is 1. The van der Waals surface area contributed by atoms with Crippen molar-refractivity contribution in [1.29, 1.82) is 0 Å². The average molecular weight is 344 g/mol. The van der Waals surface area contributed by atoms with Crippen LogP contribution in [0.5, 0.6) is 0 Å². The molecule has 0 spiro atoms. The monoisotopic (exact) mass is 344 g/mol. The molecular formula is C18H20N2O3S. The zero-order valence-electron chi connectivity index (χ0n) is 13.5. The molecule has 1 aliphatic rings. The molecule has 5 nitrogen and oxygen atoms in total. The molecule has 3 rings (SSSR count). The van der Waals surface area contributed by atoms with Gasteiger partial charge in [0, 0.05) is 0 Å². The van der Waals surface area contributed by atoms with Crippen molar-refractivity contribution < 1.29 is 14.7 Å². The molecule has 1 aromatic heterocycles. The highest BCUT2D eigenvalue weighted by Gasteiger charge is 2.29. The Morgan fingerprint density at radius 2 is 2.21 bits per heavy atom. The number of aliphatic carboxylic acids is 1. The number of hydrogen-bond donors (Lipinski definition) is 2. The number of carboxylic acid groups (broad SMARTS) is 1. The number of nitrogens with zero attached hydrogens (tertiary/aromatic N) is 1. The second-order valence-electron chi connectivity index (χ2n) is 6.15. The summed E-state index contributed by atoms with van der Waals surface area (Å²) < 4.78 is 0. The number of nitrogens with one attached hydrogen (secondary N) is 1. The molecule has 2 N–H and O–H groups in total. The molecule has 24 heavy (non-hydrogen) atoms. The average Bonchev–Trinajstić information content (AvgIpc) is 3.00. The summed E-state index contributed by atoms with van der Waals surface area (Å²) in [5.74, 6) is -1.18. The first-order valence-electron chi connectivity index (χ1n) is 8.08. The molecule has 0 radical (unpaired) electrons. The maximum absolute atomic E-state index is 12.3. The minimum Gasteiger partial charge on any atom is -0.480 e. The Labute approximate surface area is 144 Å². The third kappa shape index (κ3) is 3.48. The van der Waals surface area contributed by atoms with Crippen molar-refractivity contribution in [3.05, 3.63) is 51.5 Å². The maximum Gasteiger partial charge on any atom is 0.326 e. The molecule has 1 aromatic carbocycles. The van der Waals surface area contributed by atoms with Crippen molar-refractivity contribution >= 4 is 23.2 Å². The highest BCUT2D eigenvalue weighted by atomic mass is 32.1. The molecule has 2 aromatic rings. The van der Waals surface area contributed by atoms with Crippen molar-refractivity contribution in [3.63, 3.8) is 0 Å². The van der Waals surface area contributed by atoms with Crippen LogP contribution in [0.15, 0.2) is 29.8 Å². The lowest BCUT2D eigenvalue weighted by atomic mass is 9.79. The van der Waals surface area contributed by atoms with Gasteiger partial charge in [-0.25, -0.2) is 9.78 Å². The van der Waals surface area contributed by atoms with Gasteiger partial charge in [-0.2, -0.15) is 0 Å². The Kier molecular flexibility index (Phi) is 4.94. The lowest BCUT2D eigenvalue weighted by molar-refractivity contribution is -0.139. The Bertz CT molecular complexity index is 756. The van der Waals surface area contributed by atoms with Gasteiger partial charge in [-0.05, 0) is 49.7 Å². The van der Waals surface area contributed by atoms with Crippen molar-refractivity contribution in [3.8, 4) is 0 Å². The van der Waals surface area contributed by atoms with Crippen LogP contribution in [-0.4, -0.2) is 28.0 Å². The minimum atomic E-state index is -0.992. The number of thiazole rings is 1. The van der Waals surface area contributed by atoms with E-state index in [-0.39, 0.29) is 11.8 Å². The topological polar surface area (TPSA) is 79.3 Å². The molecule has 1 heterocycles. The lowest BCUT2D eigenvalue weighted by Gasteiger charge is -2.28. The summed E-state index contributed by atoms with van der Waals surface area (Å²) in [6.45, 7) is 1.75. The molecule has 1 amide bonds. The Morgan fingerprint density at radius 3 is 2.92 bits per heavy atom. The molecule has 6 heteroatoms. The molecule has 0 unspecified atom stereocenters. The summed E-state index contributed by atoms with van der Waals surface area (Å²) in [6.07, 6.45) is 3.46. The van der Waals surface area contributed by atoms with Crippen molar-refractivity contribution in [2.45, 2.75) is 44.6 Å². The number of carbonyl (C=O) groups excluding carboxylic acids is 1. The summed E-state index contributed by atoms with van der Waals surface area (Å²) in [5.41, 5.74) is 4.74. The molecular weight excluding hydrogens is 324 g/mol. The van der Waals surface area contributed by atoms with Gasteiger partial charge >= 0.3 is 5.97 Å². The van der Waals surface area contributed by atoms with Crippen LogP contribution in [0.25, 0.3) is 0 Å². The minimum absolute atomic E-state index is 0.166. The number of rotatable bonds is 5. The van der Waals surface area contributed by atoms with Crippen LogP contribution in [0.3, 0.4) is 0 Å². The molecule has 1 aliphatic carbocycles. The molecule has 0 fully saturated rings. The van der Waals surface area contributed by atoms with Crippen molar-refractivity contribution in [1.82, 2.24) is 10.3 Å². The molecule has 0 saturated heterocycles. The Balaban J connectivity index is 1.75. The molecule has 126 valence electrons. The second kappa shape index (κ2) is 7.13. The van der Waals surface area contributed by atoms with E-state index in [2.05, 4.69) is 22.4 Å². The standard InChI is InChI=1S/C18H20N2O3S/c1-11-16(24-10-19-11)17(21)20-15(18(22)23)9-13-7-4-6-12-5-2-3-8-14(12)13/h2-3,5,8,10,13,15H,4,6-7,9H2,1H3,(H,20,21)(H,22,23)/t13-,15+/m1/s1. The summed E-state index contributed by atoms with van der Waals surface area (Å²) in [5, 5.41) is 12.2. The summed E-state index contributed by atoms with van der Waals surface area (Å²) >= 11 is 1.23. The second-order valence-corrected chi connectivity index (χ2v) is 7.01. The fourth-order valence-electron chi connectivity index (χ4n) is 3.35. The van der Waals surface area contributed by atoms with E-state index in [9.17, 15) is 14.7 Å². The molecule has 0 saturated carbocycles. The van der Waals surface area contributed by atoms with Gasteiger partial charge in [0.15, 0.2) is 0 Å². The number of carboxylic acids is 1. The highest BCUT2D eigenvalue weighted by molar-refractivity contribution is 7.11. The van der Waals surface area contributed by atoms with Crippen LogP contribution < -0.4 is 5.32 Å². The number of hydrogen-bond acceptors (Lipinski definition) is 4. The molecule has 0 aliphatic heterocycles. The van der Waals surface area contributed by atoms with Crippen LogP contribution in [0, 0.1) is 6.92 Å². The Hall–Kier alpha value is -2.21. The van der Waals surface area contributed by atoms with E-state index >= 15 is 0 Å². The van der Waals surface area contributed by atoms with Gasteiger partial charge in [0.25, 0.3) is 5.91 Å². The summed E-state index contributed by atoms with van der Waals surface area (Å²) in [6, 6.07) is 7.30. The normalized spacial score (nSPS) is 17.8. The number of aryl methyl sites for hydroxylation is 2. The number of benzene rings is 1. The summed E-state index contributed by atoms with van der Waals surface area (Å²) in [7, 11) is 0. The van der Waals surface area contributed by atoms with E-state index in [4.69, 9.17) is 0 Å². The number of carbonyl (C=O) groups is 2. The van der Waals surface area contributed by atoms with Crippen LogP contribution >= 0.6 is 11.3 Å². The number of aromatic nitrogens is 1. The van der Waals surface area contributed by atoms with E-state index in [1.807, 2.05) is 12.1 Å². The van der Waals surface area contributed by atoms with E-state index in [1.165, 1.54) is 22.5 Å². The third-order valence-electron chi connectivity index (χ3n) is 4.57. The zero-order chi connectivity index (χ0) is 17.1. The van der Waals surface area contributed by atoms with E-state index < -0.39 is 12.0 Å². The smallest absolute Gasteiger partial charge is 0.326 e. The quantitative estimate of drug-likeness (QED) is 0.873. The predicted octanol–water partition coefficient (Wildman–Crippen LogP) is 3.14. The molecule has 0 bridgehead atoms. The van der Waals surface area contributed by atoms with Crippen LogP contribution in [0.4, 0.5) is 0 Å². The largest absolute Gasteiger partial charge is 0.480 e. The SMILES string of the molecule is Cc1ncsc1C(=O)N[C@@H](C[C@H]1CCCc2ccccc21)C(=O)O. The van der Waals surface area contributed by atoms with E-state index in [0.29, 0.717) is 17.0 Å². The van der Waals surface area contributed by atoms with Gasteiger partial charge in [-0.1, -0.05) is 24.3 Å². The Morgan fingerprint density at radius 1 is 1.42 bits per heavy atom. The van der Waals surface area contributed by atoms with Crippen molar-refractivity contribution in [2.75, 3.05) is 0 Å². The first kappa shape index (κ1) is 16.6. The fraction of sp³-hybridized carbons (Fsp3) is 0.389. The predicted molar refractivity (Wildman–Crippen MR) is 92.5 cm³/mol. The fourth-order valence-corrected chi connectivity index (χ4v) is 4.05. The first-order valence-corrected chi connectivity index (χ1v) is 8.95. The van der Waals surface area contributed by atoms with Gasteiger partial charge in [-0.15, -0.1) is 11.3 Å². The number of amides is 1. The van der Waals surface area contributed by atoms with Gasteiger partial charge in [0.1, 0.15) is 10.9 Å². The van der Waals surface area contributed by atoms with Gasteiger partial charge in [0.05, 0.1) is 11.2 Å². The van der Waals surface area contributed by atoms with Crippen LogP contribution in [0.2, 0.25) is 0 Å².